The SMILES string of the molecule is CC(C)CNCCCN1CCCSCC1. The normalized spacial score (nSPS) is 19.4. The fourth-order valence-corrected chi connectivity index (χ4v) is 2.76. The van der Waals surface area contributed by atoms with Crippen molar-refractivity contribution >= 4 is 11.8 Å². The van der Waals surface area contributed by atoms with Crippen LogP contribution in [-0.4, -0.2) is 49.1 Å². The van der Waals surface area contributed by atoms with Crippen LogP contribution in [0, 0.1) is 5.92 Å². The molecule has 1 fully saturated rings. The average Bonchev–Trinajstić information content (AvgIpc) is 2.45. The number of rotatable bonds is 6. The Balaban J connectivity index is 1.94. The van der Waals surface area contributed by atoms with E-state index in [9.17, 15) is 0 Å². The maximum Gasteiger partial charge on any atom is 0.00724 e. The van der Waals surface area contributed by atoms with Gasteiger partial charge < -0.3 is 10.2 Å². The fraction of sp³-hybridized carbons (Fsp3) is 1.00. The molecule has 0 bridgehead atoms. The smallest absolute Gasteiger partial charge is 0.00724 e. The van der Waals surface area contributed by atoms with Crippen LogP contribution >= 0.6 is 11.8 Å². The third kappa shape index (κ3) is 7.20. The summed E-state index contributed by atoms with van der Waals surface area (Å²) in [5.74, 6) is 3.47. The van der Waals surface area contributed by atoms with E-state index in [-0.39, 0.29) is 0 Å². The Morgan fingerprint density at radius 1 is 1.27 bits per heavy atom. The Bertz CT molecular complexity index is 143. The topological polar surface area (TPSA) is 15.3 Å². The molecule has 1 aliphatic rings. The van der Waals surface area contributed by atoms with Crippen LogP contribution in [0.5, 0.6) is 0 Å². The first kappa shape index (κ1) is 13.3. The maximum absolute atomic E-state index is 3.51. The molecule has 90 valence electrons. The van der Waals surface area contributed by atoms with Crippen molar-refractivity contribution in [3.05, 3.63) is 0 Å². The molecule has 1 aliphatic heterocycles. The molecule has 1 saturated heterocycles. The van der Waals surface area contributed by atoms with Gasteiger partial charge in [-0.2, -0.15) is 11.8 Å². The number of nitrogens with one attached hydrogen (secondary N) is 1. The summed E-state index contributed by atoms with van der Waals surface area (Å²) >= 11 is 2.11. The van der Waals surface area contributed by atoms with Crippen LogP contribution in [0.15, 0.2) is 0 Å². The maximum atomic E-state index is 3.51. The number of thioether (sulfide) groups is 1. The van der Waals surface area contributed by atoms with Crippen LogP contribution < -0.4 is 5.32 Å². The van der Waals surface area contributed by atoms with Crippen molar-refractivity contribution in [2.75, 3.05) is 44.2 Å². The first-order chi connectivity index (χ1) is 7.29. The van der Waals surface area contributed by atoms with E-state index in [0.29, 0.717) is 0 Å². The molecule has 1 N–H and O–H groups in total. The molecular formula is C12H26N2S. The first-order valence-corrected chi connectivity index (χ1v) is 7.45. The molecule has 15 heavy (non-hydrogen) atoms. The van der Waals surface area contributed by atoms with Gasteiger partial charge in [0, 0.05) is 12.3 Å². The molecule has 0 aromatic carbocycles. The van der Waals surface area contributed by atoms with Crippen LogP contribution in [0.2, 0.25) is 0 Å². The van der Waals surface area contributed by atoms with Crippen LogP contribution in [0.3, 0.4) is 0 Å². The molecule has 0 saturated carbocycles. The van der Waals surface area contributed by atoms with E-state index in [1.807, 2.05) is 0 Å². The van der Waals surface area contributed by atoms with Crippen molar-refractivity contribution in [2.45, 2.75) is 26.7 Å². The lowest BCUT2D eigenvalue weighted by atomic mass is 10.2. The standard InChI is InChI=1S/C12H26N2S/c1-12(2)11-13-5-3-6-14-7-4-9-15-10-8-14/h12-13H,3-11H2,1-2H3. The highest BCUT2D eigenvalue weighted by Crippen LogP contribution is 2.09. The molecule has 0 aromatic heterocycles. The molecule has 0 amide bonds. The van der Waals surface area contributed by atoms with Crippen LogP contribution in [0.1, 0.15) is 26.7 Å². The summed E-state index contributed by atoms with van der Waals surface area (Å²) in [6, 6.07) is 0. The lowest BCUT2D eigenvalue weighted by Crippen LogP contribution is -2.30. The van der Waals surface area contributed by atoms with Gasteiger partial charge >= 0.3 is 0 Å². The van der Waals surface area contributed by atoms with Crippen molar-refractivity contribution in [1.82, 2.24) is 10.2 Å². The summed E-state index contributed by atoms with van der Waals surface area (Å²) in [5.41, 5.74) is 0. The lowest BCUT2D eigenvalue weighted by molar-refractivity contribution is 0.289. The van der Waals surface area contributed by atoms with E-state index in [4.69, 9.17) is 0 Å². The van der Waals surface area contributed by atoms with Gasteiger partial charge in [-0.15, -0.1) is 0 Å². The summed E-state index contributed by atoms with van der Waals surface area (Å²) in [5, 5.41) is 3.51. The molecule has 0 unspecified atom stereocenters. The van der Waals surface area contributed by atoms with Crippen molar-refractivity contribution in [1.29, 1.82) is 0 Å². The Labute approximate surface area is 99.2 Å². The Morgan fingerprint density at radius 2 is 2.13 bits per heavy atom. The molecule has 1 heterocycles. The molecule has 0 atom stereocenters. The number of nitrogens with zero attached hydrogens (tertiary/aromatic N) is 1. The molecule has 0 radical (unpaired) electrons. The quantitative estimate of drug-likeness (QED) is 0.703. The van der Waals surface area contributed by atoms with Gasteiger partial charge in [-0.05, 0) is 50.7 Å². The highest BCUT2D eigenvalue weighted by atomic mass is 32.2. The largest absolute Gasteiger partial charge is 0.316 e. The van der Waals surface area contributed by atoms with Crippen molar-refractivity contribution in [2.24, 2.45) is 5.92 Å². The van der Waals surface area contributed by atoms with E-state index < -0.39 is 0 Å². The van der Waals surface area contributed by atoms with Crippen molar-refractivity contribution < 1.29 is 0 Å². The van der Waals surface area contributed by atoms with E-state index in [2.05, 4.69) is 35.8 Å². The van der Waals surface area contributed by atoms with Gasteiger partial charge in [0.15, 0.2) is 0 Å². The summed E-state index contributed by atoms with van der Waals surface area (Å²) in [7, 11) is 0. The van der Waals surface area contributed by atoms with Gasteiger partial charge in [0.25, 0.3) is 0 Å². The Morgan fingerprint density at radius 3 is 2.93 bits per heavy atom. The predicted molar refractivity (Wildman–Crippen MR) is 70.7 cm³/mol. The van der Waals surface area contributed by atoms with Gasteiger partial charge in [-0.25, -0.2) is 0 Å². The third-order valence-corrected chi connectivity index (χ3v) is 3.74. The molecule has 0 aliphatic carbocycles. The van der Waals surface area contributed by atoms with E-state index in [1.165, 1.54) is 50.5 Å². The zero-order valence-electron chi connectivity index (χ0n) is 10.3. The third-order valence-electron chi connectivity index (χ3n) is 2.70. The van der Waals surface area contributed by atoms with Crippen LogP contribution in [-0.2, 0) is 0 Å². The Kier molecular flexibility index (Phi) is 7.49. The first-order valence-electron chi connectivity index (χ1n) is 6.30. The molecule has 1 rings (SSSR count). The highest BCUT2D eigenvalue weighted by molar-refractivity contribution is 7.99. The lowest BCUT2D eigenvalue weighted by Gasteiger charge is -2.19. The highest BCUT2D eigenvalue weighted by Gasteiger charge is 2.07. The number of hydrogen-bond acceptors (Lipinski definition) is 3. The minimum Gasteiger partial charge on any atom is -0.316 e. The second kappa shape index (κ2) is 8.43. The fourth-order valence-electron chi connectivity index (χ4n) is 1.84. The predicted octanol–water partition coefficient (Wildman–Crippen LogP) is 2.06. The van der Waals surface area contributed by atoms with Crippen molar-refractivity contribution in [3.63, 3.8) is 0 Å². The van der Waals surface area contributed by atoms with E-state index in [1.54, 1.807) is 0 Å². The molecular weight excluding hydrogens is 204 g/mol. The van der Waals surface area contributed by atoms with Crippen LogP contribution in [0.4, 0.5) is 0 Å². The summed E-state index contributed by atoms with van der Waals surface area (Å²) in [6.07, 6.45) is 2.68. The second-order valence-corrected chi connectivity index (χ2v) is 5.98. The molecule has 0 spiro atoms. The van der Waals surface area contributed by atoms with Gasteiger partial charge in [-0.3, -0.25) is 0 Å². The van der Waals surface area contributed by atoms with E-state index in [0.717, 1.165) is 12.5 Å². The van der Waals surface area contributed by atoms with Gasteiger partial charge in [0.1, 0.15) is 0 Å². The monoisotopic (exact) mass is 230 g/mol. The van der Waals surface area contributed by atoms with Gasteiger partial charge in [0.05, 0.1) is 0 Å². The van der Waals surface area contributed by atoms with Gasteiger partial charge in [-0.1, -0.05) is 13.8 Å². The van der Waals surface area contributed by atoms with E-state index >= 15 is 0 Å². The zero-order chi connectivity index (χ0) is 10.9. The molecule has 0 aromatic rings. The van der Waals surface area contributed by atoms with Gasteiger partial charge in [0.2, 0.25) is 0 Å². The number of hydrogen-bond donors (Lipinski definition) is 1. The average molecular weight is 230 g/mol. The zero-order valence-corrected chi connectivity index (χ0v) is 11.1. The summed E-state index contributed by atoms with van der Waals surface area (Å²) in [4.78, 5) is 2.62. The molecule has 3 heteroatoms. The minimum absolute atomic E-state index is 0.777. The summed E-state index contributed by atoms with van der Waals surface area (Å²) < 4.78 is 0. The minimum atomic E-state index is 0.777. The Hall–Kier alpha value is 0.270. The van der Waals surface area contributed by atoms with Crippen LogP contribution in [0.25, 0.3) is 0 Å². The second-order valence-electron chi connectivity index (χ2n) is 4.76. The van der Waals surface area contributed by atoms with Crippen molar-refractivity contribution in [3.8, 4) is 0 Å². The summed E-state index contributed by atoms with van der Waals surface area (Å²) in [6.45, 7) is 10.8. The molecule has 2 nitrogen and oxygen atoms in total.